The maximum atomic E-state index is 12.5. The molecule has 1 aromatic carbocycles. The van der Waals surface area contributed by atoms with Gasteiger partial charge in [-0.1, -0.05) is 28.9 Å². The van der Waals surface area contributed by atoms with Crippen molar-refractivity contribution in [3.8, 4) is 0 Å². The zero-order chi connectivity index (χ0) is 18.6. The third kappa shape index (κ3) is 4.48. The molecule has 0 unspecified atom stereocenters. The molecule has 8 heteroatoms. The van der Waals surface area contributed by atoms with Crippen molar-refractivity contribution in [1.29, 1.82) is 0 Å². The molecule has 0 saturated carbocycles. The standard InChI is InChI=1S/C19H24ClN5O2/c20-16-3-1-15(2-4-16)13-23-7-5-17(6-8-23)25-14-18(21-22-25)19(26)24-9-11-27-12-10-24/h1-4,14,17H,5-13H2. The van der Waals surface area contributed by atoms with E-state index >= 15 is 0 Å². The van der Waals surface area contributed by atoms with Crippen molar-refractivity contribution in [2.75, 3.05) is 39.4 Å². The Labute approximate surface area is 163 Å². The lowest BCUT2D eigenvalue weighted by Crippen LogP contribution is -2.40. The quantitative estimate of drug-likeness (QED) is 0.802. The summed E-state index contributed by atoms with van der Waals surface area (Å²) >= 11 is 5.95. The molecule has 2 aliphatic heterocycles. The molecule has 27 heavy (non-hydrogen) atoms. The fraction of sp³-hybridized carbons (Fsp3) is 0.526. The van der Waals surface area contributed by atoms with E-state index in [1.165, 1.54) is 5.56 Å². The first-order valence-corrected chi connectivity index (χ1v) is 9.82. The molecule has 2 saturated heterocycles. The fourth-order valence-electron chi connectivity index (χ4n) is 3.67. The van der Waals surface area contributed by atoms with Gasteiger partial charge in [-0.15, -0.1) is 5.10 Å². The Morgan fingerprint density at radius 2 is 1.81 bits per heavy atom. The van der Waals surface area contributed by atoms with Crippen LogP contribution in [0, 0.1) is 0 Å². The maximum Gasteiger partial charge on any atom is 0.276 e. The van der Waals surface area contributed by atoms with E-state index in [9.17, 15) is 4.79 Å². The highest BCUT2D eigenvalue weighted by Gasteiger charge is 2.25. The molecule has 4 rings (SSSR count). The Morgan fingerprint density at radius 1 is 1.11 bits per heavy atom. The first-order valence-electron chi connectivity index (χ1n) is 9.45. The van der Waals surface area contributed by atoms with Gasteiger partial charge in [0.2, 0.25) is 0 Å². The topological polar surface area (TPSA) is 63.5 Å². The molecule has 0 N–H and O–H groups in total. The van der Waals surface area contributed by atoms with Crippen molar-refractivity contribution in [2.45, 2.75) is 25.4 Å². The van der Waals surface area contributed by atoms with Gasteiger partial charge in [-0.05, 0) is 30.5 Å². The summed E-state index contributed by atoms with van der Waals surface area (Å²) in [5.74, 6) is -0.0512. The fourth-order valence-corrected chi connectivity index (χ4v) is 3.80. The highest BCUT2D eigenvalue weighted by Crippen LogP contribution is 2.23. The number of likely N-dealkylation sites (tertiary alicyclic amines) is 1. The lowest BCUT2D eigenvalue weighted by Gasteiger charge is -2.31. The molecule has 0 aliphatic carbocycles. The van der Waals surface area contributed by atoms with Crippen LogP contribution in [-0.2, 0) is 11.3 Å². The van der Waals surface area contributed by atoms with Crippen molar-refractivity contribution < 1.29 is 9.53 Å². The predicted octanol–water partition coefficient (Wildman–Crippen LogP) is 2.24. The van der Waals surface area contributed by atoms with Crippen LogP contribution in [0.25, 0.3) is 0 Å². The third-order valence-electron chi connectivity index (χ3n) is 5.28. The van der Waals surface area contributed by atoms with E-state index in [-0.39, 0.29) is 5.91 Å². The highest BCUT2D eigenvalue weighted by atomic mass is 35.5. The molecule has 7 nitrogen and oxygen atoms in total. The zero-order valence-electron chi connectivity index (χ0n) is 15.3. The zero-order valence-corrected chi connectivity index (χ0v) is 16.0. The second-order valence-electron chi connectivity index (χ2n) is 7.12. The van der Waals surface area contributed by atoms with E-state index in [1.54, 1.807) is 11.1 Å². The molecule has 0 bridgehead atoms. The summed E-state index contributed by atoms with van der Waals surface area (Å²) in [7, 11) is 0. The monoisotopic (exact) mass is 389 g/mol. The molecule has 144 valence electrons. The first-order chi connectivity index (χ1) is 13.2. The van der Waals surface area contributed by atoms with E-state index in [4.69, 9.17) is 16.3 Å². The number of rotatable bonds is 4. The van der Waals surface area contributed by atoms with Crippen LogP contribution in [0.4, 0.5) is 0 Å². The van der Waals surface area contributed by atoms with Gasteiger partial charge in [0.25, 0.3) is 5.91 Å². The summed E-state index contributed by atoms with van der Waals surface area (Å²) in [4.78, 5) is 16.7. The van der Waals surface area contributed by atoms with E-state index in [0.717, 1.165) is 37.5 Å². The summed E-state index contributed by atoms with van der Waals surface area (Å²) in [5, 5.41) is 9.12. The number of carbonyl (C=O) groups excluding carboxylic acids is 1. The number of benzene rings is 1. The number of piperidine rings is 1. The third-order valence-corrected chi connectivity index (χ3v) is 5.53. The Hall–Kier alpha value is -1.96. The van der Waals surface area contributed by atoms with Gasteiger partial charge in [-0.3, -0.25) is 9.69 Å². The van der Waals surface area contributed by atoms with Crippen LogP contribution < -0.4 is 0 Å². The van der Waals surface area contributed by atoms with Gasteiger partial charge in [-0.2, -0.15) is 0 Å². The molecular formula is C19H24ClN5O2. The number of carbonyl (C=O) groups is 1. The van der Waals surface area contributed by atoms with Crippen molar-refractivity contribution in [2.24, 2.45) is 0 Å². The SMILES string of the molecule is O=C(c1cn(C2CCN(Cc3ccc(Cl)cc3)CC2)nn1)N1CCOCC1. The number of hydrogen-bond acceptors (Lipinski definition) is 5. The normalized spacial score (nSPS) is 19.4. The molecule has 0 spiro atoms. The summed E-state index contributed by atoms with van der Waals surface area (Å²) in [5.41, 5.74) is 1.71. The molecule has 2 aliphatic rings. The summed E-state index contributed by atoms with van der Waals surface area (Å²) in [6.07, 6.45) is 3.81. The minimum absolute atomic E-state index is 0.0512. The van der Waals surface area contributed by atoms with Crippen LogP contribution in [0.3, 0.4) is 0 Å². The first kappa shape index (κ1) is 18.4. The highest BCUT2D eigenvalue weighted by molar-refractivity contribution is 6.30. The van der Waals surface area contributed by atoms with Gasteiger partial charge in [0.15, 0.2) is 5.69 Å². The molecular weight excluding hydrogens is 366 g/mol. The largest absolute Gasteiger partial charge is 0.378 e. The molecule has 2 fully saturated rings. The van der Waals surface area contributed by atoms with Crippen LogP contribution >= 0.6 is 11.6 Å². The van der Waals surface area contributed by atoms with Crippen LogP contribution in [-0.4, -0.2) is 70.1 Å². The number of morpholine rings is 1. The average molecular weight is 390 g/mol. The van der Waals surface area contributed by atoms with Crippen molar-refractivity contribution >= 4 is 17.5 Å². The summed E-state index contributed by atoms with van der Waals surface area (Å²) in [6, 6.07) is 8.33. The lowest BCUT2D eigenvalue weighted by molar-refractivity contribution is 0.0299. The van der Waals surface area contributed by atoms with Gasteiger partial charge >= 0.3 is 0 Å². The molecule has 2 aromatic rings. The predicted molar refractivity (Wildman–Crippen MR) is 102 cm³/mol. The van der Waals surface area contributed by atoms with E-state index in [0.29, 0.717) is 38.0 Å². The molecule has 3 heterocycles. The van der Waals surface area contributed by atoms with E-state index in [2.05, 4.69) is 27.3 Å². The molecule has 0 atom stereocenters. The van der Waals surface area contributed by atoms with Crippen molar-refractivity contribution in [3.05, 3.63) is 46.7 Å². The lowest BCUT2D eigenvalue weighted by atomic mass is 10.0. The summed E-state index contributed by atoms with van der Waals surface area (Å²) < 4.78 is 7.17. The van der Waals surface area contributed by atoms with Gasteiger partial charge in [0.1, 0.15) is 0 Å². The maximum absolute atomic E-state index is 12.5. The second kappa shape index (κ2) is 8.37. The number of aromatic nitrogens is 3. The number of hydrogen-bond donors (Lipinski definition) is 0. The minimum Gasteiger partial charge on any atom is -0.378 e. The second-order valence-corrected chi connectivity index (χ2v) is 7.56. The average Bonchev–Trinajstić information content (AvgIpc) is 3.21. The molecule has 1 amide bonds. The number of amides is 1. The van der Waals surface area contributed by atoms with Crippen LogP contribution in [0.5, 0.6) is 0 Å². The number of halogens is 1. The minimum atomic E-state index is -0.0512. The number of ether oxygens (including phenoxy) is 1. The van der Waals surface area contributed by atoms with Crippen LogP contribution in [0.1, 0.15) is 34.9 Å². The van der Waals surface area contributed by atoms with Gasteiger partial charge in [0, 0.05) is 37.7 Å². The van der Waals surface area contributed by atoms with E-state index in [1.807, 2.05) is 16.8 Å². The smallest absolute Gasteiger partial charge is 0.276 e. The van der Waals surface area contributed by atoms with Crippen molar-refractivity contribution in [1.82, 2.24) is 24.8 Å². The Balaban J connectivity index is 1.31. The molecule has 1 aromatic heterocycles. The van der Waals surface area contributed by atoms with Crippen LogP contribution in [0.2, 0.25) is 5.02 Å². The Kier molecular flexibility index (Phi) is 5.71. The number of nitrogens with zero attached hydrogens (tertiary/aromatic N) is 5. The van der Waals surface area contributed by atoms with Crippen molar-refractivity contribution in [3.63, 3.8) is 0 Å². The summed E-state index contributed by atoms with van der Waals surface area (Å²) in [6.45, 7) is 5.35. The van der Waals surface area contributed by atoms with Gasteiger partial charge in [0.05, 0.1) is 25.5 Å². The van der Waals surface area contributed by atoms with E-state index < -0.39 is 0 Å². The Morgan fingerprint density at radius 3 is 2.52 bits per heavy atom. The molecule has 0 radical (unpaired) electrons. The van der Waals surface area contributed by atoms with Crippen LogP contribution in [0.15, 0.2) is 30.5 Å². The Bertz CT molecular complexity index is 765. The van der Waals surface area contributed by atoms with Gasteiger partial charge < -0.3 is 9.64 Å². The van der Waals surface area contributed by atoms with Gasteiger partial charge in [-0.25, -0.2) is 4.68 Å².